The van der Waals surface area contributed by atoms with Crippen molar-refractivity contribution < 1.29 is 9.90 Å². The standard InChI is InChI=1S/C16H23NO2.ClH/c1-3-5-15(19)16(8-10-17(2)11-9-16)13-6-4-7-14(18)12-13;/h4,6-7,12,18H,3,5,8-11H2,1-2H3;1H. The third-order valence-electron chi connectivity index (χ3n) is 4.25. The zero-order chi connectivity index (χ0) is 13.9. The van der Waals surface area contributed by atoms with Gasteiger partial charge in [0.05, 0.1) is 5.41 Å². The quantitative estimate of drug-likeness (QED) is 0.928. The Bertz CT molecular complexity index is 454. The lowest BCUT2D eigenvalue weighted by Gasteiger charge is -2.40. The third-order valence-corrected chi connectivity index (χ3v) is 4.25. The first-order valence-electron chi connectivity index (χ1n) is 7.10. The number of phenols is 1. The van der Waals surface area contributed by atoms with Crippen molar-refractivity contribution in [2.24, 2.45) is 0 Å². The highest BCUT2D eigenvalue weighted by atomic mass is 35.5. The van der Waals surface area contributed by atoms with Gasteiger partial charge in [-0.1, -0.05) is 19.1 Å². The van der Waals surface area contributed by atoms with E-state index in [2.05, 4.69) is 11.9 Å². The highest BCUT2D eigenvalue weighted by Crippen LogP contribution is 2.38. The number of phenolic OH excluding ortho intramolecular Hbond substituents is 1. The average Bonchev–Trinajstić information content (AvgIpc) is 2.40. The number of carbonyl (C=O) groups excluding carboxylic acids is 1. The highest BCUT2D eigenvalue weighted by Gasteiger charge is 2.41. The molecule has 1 fully saturated rings. The number of hydrogen-bond donors (Lipinski definition) is 1. The molecule has 0 spiro atoms. The van der Waals surface area contributed by atoms with Crippen LogP contribution in [-0.2, 0) is 10.2 Å². The Labute approximate surface area is 127 Å². The lowest BCUT2D eigenvalue weighted by molar-refractivity contribution is -0.126. The number of aromatic hydroxyl groups is 1. The molecule has 4 heteroatoms. The van der Waals surface area contributed by atoms with E-state index >= 15 is 0 Å². The average molecular weight is 298 g/mol. The second kappa shape index (κ2) is 7.09. The molecular weight excluding hydrogens is 274 g/mol. The fraction of sp³-hybridized carbons (Fsp3) is 0.562. The highest BCUT2D eigenvalue weighted by molar-refractivity contribution is 5.90. The van der Waals surface area contributed by atoms with Crippen LogP contribution in [0, 0.1) is 0 Å². The predicted molar refractivity (Wildman–Crippen MR) is 83.7 cm³/mol. The van der Waals surface area contributed by atoms with Gasteiger partial charge in [0.1, 0.15) is 11.5 Å². The summed E-state index contributed by atoms with van der Waals surface area (Å²) in [5, 5.41) is 9.70. The SMILES string of the molecule is CCCC(=O)C1(c2cccc(O)c2)CCN(C)CC1.Cl. The van der Waals surface area contributed by atoms with Crippen LogP contribution in [0.4, 0.5) is 0 Å². The molecule has 0 aliphatic carbocycles. The van der Waals surface area contributed by atoms with Gasteiger partial charge in [0, 0.05) is 6.42 Å². The minimum absolute atomic E-state index is 0. The van der Waals surface area contributed by atoms with Gasteiger partial charge < -0.3 is 10.0 Å². The van der Waals surface area contributed by atoms with Gasteiger partial charge in [-0.3, -0.25) is 4.79 Å². The van der Waals surface area contributed by atoms with Crippen LogP contribution in [0.2, 0.25) is 0 Å². The van der Waals surface area contributed by atoms with Crippen LogP contribution in [0.5, 0.6) is 5.75 Å². The zero-order valence-electron chi connectivity index (χ0n) is 12.3. The Hall–Kier alpha value is -1.06. The molecule has 0 unspecified atom stereocenters. The van der Waals surface area contributed by atoms with Crippen LogP contribution in [0.3, 0.4) is 0 Å². The fourth-order valence-electron chi connectivity index (χ4n) is 3.00. The van der Waals surface area contributed by atoms with E-state index in [4.69, 9.17) is 0 Å². The number of benzene rings is 1. The van der Waals surface area contributed by atoms with Gasteiger partial charge in [-0.2, -0.15) is 0 Å². The van der Waals surface area contributed by atoms with Gasteiger partial charge in [0.2, 0.25) is 0 Å². The zero-order valence-corrected chi connectivity index (χ0v) is 13.1. The lowest BCUT2D eigenvalue weighted by Crippen LogP contribution is -2.46. The van der Waals surface area contributed by atoms with Crippen LogP contribution >= 0.6 is 12.4 Å². The molecule has 112 valence electrons. The summed E-state index contributed by atoms with van der Waals surface area (Å²) in [7, 11) is 2.09. The Morgan fingerprint density at radius 1 is 1.35 bits per heavy atom. The summed E-state index contributed by atoms with van der Waals surface area (Å²) < 4.78 is 0. The Morgan fingerprint density at radius 3 is 2.55 bits per heavy atom. The summed E-state index contributed by atoms with van der Waals surface area (Å²) in [6.07, 6.45) is 3.21. The number of halogens is 1. The first kappa shape index (κ1) is 17.0. The lowest BCUT2D eigenvalue weighted by atomic mass is 9.68. The molecule has 0 atom stereocenters. The number of piperidine rings is 1. The maximum absolute atomic E-state index is 12.6. The maximum atomic E-state index is 12.6. The summed E-state index contributed by atoms with van der Waals surface area (Å²) in [6.45, 7) is 3.92. The Balaban J connectivity index is 0.00000200. The van der Waals surface area contributed by atoms with E-state index < -0.39 is 0 Å². The number of Topliss-reactive ketones (excluding diaryl/α,β-unsaturated/α-hetero) is 1. The topological polar surface area (TPSA) is 40.5 Å². The van der Waals surface area contributed by atoms with Crippen LogP contribution < -0.4 is 0 Å². The molecule has 0 saturated carbocycles. The van der Waals surface area contributed by atoms with Crippen LogP contribution in [-0.4, -0.2) is 35.9 Å². The van der Waals surface area contributed by atoms with Gasteiger partial charge in [-0.15, -0.1) is 12.4 Å². The summed E-state index contributed by atoms with van der Waals surface area (Å²) >= 11 is 0. The van der Waals surface area contributed by atoms with Crippen molar-refractivity contribution in [2.45, 2.75) is 38.0 Å². The molecule has 0 bridgehead atoms. The Kier molecular flexibility index (Phi) is 6.03. The normalized spacial score (nSPS) is 18.3. The van der Waals surface area contributed by atoms with E-state index in [1.807, 2.05) is 19.1 Å². The van der Waals surface area contributed by atoms with Gasteiger partial charge in [0.25, 0.3) is 0 Å². The number of rotatable bonds is 4. The van der Waals surface area contributed by atoms with E-state index in [-0.39, 0.29) is 23.6 Å². The molecule has 0 amide bonds. The molecule has 1 saturated heterocycles. The van der Waals surface area contributed by atoms with Crippen molar-refractivity contribution in [1.82, 2.24) is 4.90 Å². The number of carbonyl (C=O) groups is 1. The smallest absolute Gasteiger partial charge is 0.143 e. The molecule has 0 aromatic heterocycles. The molecule has 2 rings (SSSR count). The molecule has 1 aromatic carbocycles. The first-order chi connectivity index (χ1) is 9.08. The summed E-state index contributed by atoms with van der Waals surface area (Å²) in [5.41, 5.74) is 0.598. The molecule has 1 aliphatic rings. The minimum atomic E-state index is -0.388. The maximum Gasteiger partial charge on any atom is 0.143 e. The number of ketones is 1. The van der Waals surface area contributed by atoms with E-state index in [9.17, 15) is 9.90 Å². The van der Waals surface area contributed by atoms with Crippen molar-refractivity contribution in [3.8, 4) is 5.75 Å². The van der Waals surface area contributed by atoms with Crippen LogP contribution in [0.1, 0.15) is 38.2 Å². The van der Waals surface area contributed by atoms with Gasteiger partial charge >= 0.3 is 0 Å². The molecule has 1 aromatic rings. The van der Waals surface area contributed by atoms with E-state index in [1.54, 1.807) is 12.1 Å². The molecule has 1 heterocycles. The van der Waals surface area contributed by atoms with Crippen LogP contribution in [0.15, 0.2) is 24.3 Å². The monoisotopic (exact) mass is 297 g/mol. The molecule has 20 heavy (non-hydrogen) atoms. The minimum Gasteiger partial charge on any atom is -0.508 e. The van der Waals surface area contributed by atoms with Gasteiger partial charge in [-0.05, 0) is 57.1 Å². The van der Waals surface area contributed by atoms with Gasteiger partial charge in [0.15, 0.2) is 0 Å². The largest absolute Gasteiger partial charge is 0.508 e. The molecular formula is C16H24ClNO2. The molecule has 1 aliphatic heterocycles. The summed E-state index contributed by atoms with van der Waals surface area (Å²) in [5.74, 6) is 0.578. The number of hydrogen-bond acceptors (Lipinski definition) is 3. The van der Waals surface area contributed by atoms with E-state index in [1.165, 1.54) is 0 Å². The van der Waals surface area contributed by atoms with Crippen molar-refractivity contribution in [2.75, 3.05) is 20.1 Å². The number of likely N-dealkylation sites (tertiary alicyclic amines) is 1. The Morgan fingerprint density at radius 2 is 2.00 bits per heavy atom. The van der Waals surface area contributed by atoms with Crippen molar-refractivity contribution in [1.29, 1.82) is 0 Å². The first-order valence-corrected chi connectivity index (χ1v) is 7.10. The summed E-state index contributed by atoms with van der Waals surface area (Å²) in [4.78, 5) is 14.9. The second-order valence-corrected chi connectivity index (χ2v) is 5.61. The molecule has 3 nitrogen and oxygen atoms in total. The fourth-order valence-corrected chi connectivity index (χ4v) is 3.00. The molecule has 0 radical (unpaired) electrons. The summed E-state index contributed by atoms with van der Waals surface area (Å²) in [6, 6.07) is 7.25. The second-order valence-electron chi connectivity index (χ2n) is 5.61. The predicted octanol–water partition coefficient (Wildman–Crippen LogP) is 3.15. The van der Waals surface area contributed by atoms with Crippen molar-refractivity contribution in [3.63, 3.8) is 0 Å². The number of nitrogens with zero attached hydrogens (tertiary/aromatic N) is 1. The van der Waals surface area contributed by atoms with Crippen molar-refractivity contribution >= 4 is 18.2 Å². The molecule has 1 N–H and O–H groups in total. The van der Waals surface area contributed by atoms with Gasteiger partial charge in [-0.25, -0.2) is 0 Å². The third kappa shape index (κ3) is 3.33. The van der Waals surface area contributed by atoms with E-state index in [0.29, 0.717) is 12.2 Å². The van der Waals surface area contributed by atoms with Crippen LogP contribution in [0.25, 0.3) is 0 Å². The van der Waals surface area contributed by atoms with Crippen molar-refractivity contribution in [3.05, 3.63) is 29.8 Å². The van der Waals surface area contributed by atoms with E-state index in [0.717, 1.165) is 37.9 Å².